The number of esters is 1. The van der Waals surface area contributed by atoms with Gasteiger partial charge in [-0.3, -0.25) is 9.59 Å². The third-order valence-electron chi connectivity index (χ3n) is 12.4. The van der Waals surface area contributed by atoms with Crippen molar-refractivity contribution in [3.63, 3.8) is 0 Å². The van der Waals surface area contributed by atoms with E-state index in [1.165, 1.54) is 25.7 Å². The molecule has 238 valence electrons. The van der Waals surface area contributed by atoms with Crippen LogP contribution in [0, 0.1) is 46.3 Å². The van der Waals surface area contributed by atoms with Crippen molar-refractivity contribution >= 4 is 17.7 Å². The number of hydrogen-bond acceptors (Lipinski definition) is 6. The molecule has 4 aliphatic carbocycles. The van der Waals surface area contributed by atoms with Crippen molar-refractivity contribution in [1.82, 2.24) is 5.32 Å². The summed E-state index contributed by atoms with van der Waals surface area (Å²) in [5, 5.41) is 12.4. The van der Waals surface area contributed by atoms with E-state index in [0.717, 1.165) is 37.7 Å². The van der Waals surface area contributed by atoms with Gasteiger partial charge < -0.3 is 20.9 Å². The molecule has 4 N–H and O–H groups in total. The Morgan fingerprint density at radius 1 is 0.977 bits per heavy atom. The summed E-state index contributed by atoms with van der Waals surface area (Å²) in [6.07, 6.45) is 10.5. The zero-order valence-electron chi connectivity index (χ0n) is 26.9. The van der Waals surface area contributed by atoms with Crippen LogP contribution in [0.1, 0.15) is 104 Å². The molecule has 4 fully saturated rings. The predicted molar refractivity (Wildman–Crippen MR) is 167 cm³/mol. The molecule has 1 aromatic carbocycles. The van der Waals surface area contributed by atoms with Crippen molar-refractivity contribution in [3.8, 4) is 5.75 Å². The van der Waals surface area contributed by atoms with Gasteiger partial charge in [-0.2, -0.15) is 0 Å². The fourth-order valence-corrected chi connectivity index (χ4v) is 10.2. The van der Waals surface area contributed by atoms with E-state index >= 15 is 0 Å². The summed E-state index contributed by atoms with van der Waals surface area (Å²) in [5.41, 5.74) is 7.49. The second-order valence-corrected chi connectivity index (χ2v) is 15.4. The van der Waals surface area contributed by atoms with E-state index in [2.05, 4.69) is 19.2 Å². The quantitative estimate of drug-likeness (QED) is 0.304. The average molecular weight is 595 g/mol. The van der Waals surface area contributed by atoms with Gasteiger partial charge in [-0.1, -0.05) is 39.8 Å². The maximum absolute atomic E-state index is 13.5. The third kappa shape index (κ3) is 6.39. The minimum atomic E-state index is -0.805. The van der Waals surface area contributed by atoms with Crippen molar-refractivity contribution < 1.29 is 24.2 Å². The van der Waals surface area contributed by atoms with Crippen LogP contribution in [0.2, 0.25) is 0 Å². The topological polar surface area (TPSA) is 119 Å². The van der Waals surface area contributed by atoms with E-state index in [9.17, 15) is 19.5 Å². The molecular formula is C36H54N2O5. The number of rotatable bonds is 9. The summed E-state index contributed by atoms with van der Waals surface area (Å²) in [7, 11) is 0. The first-order valence-electron chi connectivity index (χ1n) is 16.9. The second kappa shape index (κ2) is 12.5. The number of Topliss-reactive ketones (excluding diaryl/α,β-unsaturated/α-hetero) is 1. The van der Waals surface area contributed by atoms with Gasteiger partial charge in [0.15, 0.2) is 0 Å². The second-order valence-electron chi connectivity index (χ2n) is 15.4. The molecule has 0 aliphatic heterocycles. The van der Waals surface area contributed by atoms with E-state index in [-0.39, 0.29) is 46.4 Å². The highest BCUT2D eigenvalue weighted by Gasteiger charge is 2.61. The number of ketones is 1. The van der Waals surface area contributed by atoms with Gasteiger partial charge in [0.1, 0.15) is 23.7 Å². The maximum atomic E-state index is 13.5. The highest BCUT2D eigenvalue weighted by molar-refractivity contribution is 5.87. The Labute approximate surface area is 258 Å². The number of aromatic hydroxyl groups is 1. The number of carbonyl (C=O) groups excluding carboxylic acids is 3. The molecule has 0 aromatic heterocycles. The molecule has 4 saturated carbocycles. The number of benzene rings is 1. The van der Waals surface area contributed by atoms with E-state index in [1.807, 2.05) is 13.8 Å². The number of nitrogens with one attached hydrogen (secondary N) is 1. The molecule has 1 amide bonds. The summed E-state index contributed by atoms with van der Waals surface area (Å²) in [4.78, 5) is 39.0. The maximum Gasteiger partial charge on any atom is 0.328 e. The molecule has 7 heteroatoms. The Balaban J connectivity index is 1.19. The minimum Gasteiger partial charge on any atom is -0.508 e. The van der Waals surface area contributed by atoms with Gasteiger partial charge >= 0.3 is 5.97 Å². The zero-order chi connectivity index (χ0) is 31.1. The molecule has 0 unspecified atom stereocenters. The average Bonchev–Trinajstić information content (AvgIpc) is 3.31. The molecule has 0 saturated heterocycles. The van der Waals surface area contributed by atoms with Crippen LogP contribution >= 0.6 is 0 Å². The van der Waals surface area contributed by atoms with Gasteiger partial charge in [-0.15, -0.1) is 0 Å². The van der Waals surface area contributed by atoms with Crippen molar-refractivity contribution in [2.24, 2.45) is 52.1 Å². The van der Waals surface area contributed by atoms with Crippen molar-refractivity contribution in [2.45, 2.75) is 123 Å². The standard InChI is InChI=1S/C36H54N2O5/c1-21(2)18-32(38-33(41)31(37)19-23-6-9-25(40)10-7-23)34(42)43-26-14-16-35(4)24(20-26)8-11-27-29-13-12-28(22(3)39)36(29,5)17-15-30(27)35/h6-7,9-10,21,24,26-32,40H,8,11-20,37H2,1-5H3,(H,38,41)/t24-,26+,27-,28+,29-,30-,31-,32-,35-,36+/m0/s1. The molecule has 0 heterocycles. The van der Waals surface area contributed by atoms with Crippen LogP contribution in [0.15, 0.2) is 24.3 Å². The van der Waals surface area contributed by atoms with Crippen molar-refractivity contribution in [3.05, 3.63) is 29.8 Å². The molecule has 5 rings (SSSR count). The molecule has 0 spiro atoms. The largest absolute Gasteiger partial charge is 0.508 e. The minimum absolute atomic E-state index is 0.123. The van der Waals surface area contributed by atoms with Gasteiger partial charge in [0.05, 0.1) is 6.04 Å². The van der Waals surface area contributed by atoms with Gasteiger partial charge in [0, 0.05) is 5.92 Å². The summed E-state index contributed by atoms with van der Waals surface area (Å²) in [6.45, 7) is 10.8. The van der Waals surface area contributed by atoms with Crippen LogP contribution in [-0.2, 0) is 25.5 Å². The lowest BCUT2D eigenvalue weighted by molar-refractivity contribution is -0.166. The number of carbonyl (C=O) groups is 3. The predicted octanol–water partition coefficient (Wildman–Crippen LogP) is 5.95. The van der Waals surface area contributed by atoms with Crippen LogP contribution < -0.4 is 11.1 Å². The molecule has 1 aromatic rings. The van der Waals surface area contributed by atoms with Crippen molar-refractivity contribution in [2.75, 3.05) is 0 Å². The smallest absolute Gasteiger partial charge is 0.328 e. The van der Waals surface area contributed by atoms with Gasteiger partial charge in [0.2, 0.25) is 5.91 Å². The lowest BCUT2D eigenvalue weighted by Crippen LogP contribution is -2.55. The summed E-state index contributed by atoms with van der Waals surface area (Å²) < 4.78 is 6.16. The first kappa shape index (κ1) is 32.0. The summed E-state index contributed by atoms with van der Waals surface area (Å²) >= 11 is 0. The van der Waals surface area contributed by atoms with Crippen LogP contribution in [0.25, 0.3) is 0 Å². The lowest BCUT2D eigenvalue weighted by atomic mass is 9.44. The number of fused-ring (bicyclic) bond motifs is 5. The Morgan fingerprint density at radius 3 is 2.33 bits per heavy atom. The molecular weight excluding hydrogens is 540 g/mol. The Hall–Kier alpha value is -2.41. The van der Waals surface area contributed by atoms with Gasteiger partial charge in [-0.25, -0.2) is 4.79 Å². The first-order chi connectivity index (χ1) is 20.3. The summed E-state index contributed by atoms with van der Waals surface area (Å²) in [6, 6.07) is 5.11. The lowest BCUT2D eigenvalue weighted by Gasteiger charge is -2.61. The van der Waals surface area contributed by atoms with Crippen LogP contribution in [0.5, 0.6) is 5.75 Å². The molecule has 0 radical (unpaired) electrons. The zero-order valence-corrected chi connectivity index (χ0v) is 26.9. The molecule has 43 heavy (non-hydrogen) atoms. The SMILES string of the molecule is CC(=O)[C@H]1CC[C@H]2[C@@H]3CC[C@H]4C[C@H](OC(=O)[C@H](CC(C)C)NC(=O)[C@@H](N)Cc5ccc(O)cc5)CC[C@]4(C)[C@H]3CC[C@]12C. The first-order valence-corrected chi connectivity index (χ1v) is 16.9. The fraction of sp³-hybridized carbons (Fsp3) is 0.750. The van der Waals surface area contributed by atoms with E-state index in [4.69, 9.17) is 10.5 Å². The van der Waals surface area contributed by atoms with Crippen molar-refractivity contribution in [1.29, 1.82) is 0 Å². The van der Waals surface area contributed by atoms with Crippen LogP contribution in [0.4, 0.5) is 0 Å². The fourth-order valence-electron chi connectivity index (χ4n) is 10.2. The van der Waals surface area contributed by atoms with E-state index < -0.39 is 12.1 Å². The summed E-state index contributed by atoms with van der Waals surface area (Å²) in [5.74, 6) is 2.86. The Bertz CT molecular complexity index is 1180. The molecule has 10 atom stereocenters. The number of nitrogens with two attached hydrogens (primary N) is 1. The van der Waals surface area contributed by atoms with E-state index in [0.29, 0.717) is 42.3 Å². The van der Waals surface area contributed by atoms with E-state index in [1.54, 1.807) is 31.2 Å². The highest BCUT2D eigenvalue weighted by atomic mass is 16.5. The van der Waals surface area contributed by atoms with Crippen LogP contribution in [0.3, 0.4) is 0 Å². The monoisotopic (exact) mass is 594 g/mol. The molecule has 0 bridgehead atoms. The molecule has 4 aliphatic rings. The Morgan fingerprint density at radius 2 is 1.65 bits per heavy atom. The van der Waals surface area contributed by atoms with Gasteiger partial charge in [-0.05, 0) is 136 Å². The third-order valence-corrected chi connectivity index (χ3v) is 12.4. The molecule has 7 nitrogen and oxygen atoms in total. The number of phenolic OH excluding ortho intramolecular Hbond substituents is 1. The number of ether oxygens (including phenoxy) is 1. The van der Waals surface area contributed by atoms with Gasteiger partial charge in [0.25, 0.3) is 0 Å². The Kier molecular flexibility index (Phi) is 9.33. The normalized spacial score (nSPS) is 36.5. The number of hydrogen-bond donors (Lipinski definition) is 3. The highest BCUT2D eigenvalue weighted by Crippen LogP contribution is 2.67. The van der Waals surface area contributed by atoms with Crippen LogP contribution in [-0.4, -0.2) is 41.0 Å². The number of phenols is 1. The number of amides is 1.